The molecule has 12 heteroatoms. The lowest BCUT2D eigenvalue weighted by Crippen LogP contribution is -2.61. The number of allylic oxidation sites excluding steroid dienone is 6. The summed E-state index contributed by atoms with van der Waals surface area (Å²) >= 11 is 0. The molecule has 0 bridgehead atoms. The Labute approximate surface area is 444 Å². The summed E-state index contributed by atoms with van der Waals surface area (Å²) in [6.07, 6.45) is 45.4. The van der Waals surface area contributed by atoms with Crippen LogP contribution in [0.4, 0.5) is 0 Å². The van der Waals surface area contributed by atoms with Crippen molar-refractivity contribution in [2.75, 3.05) is 13.2 Å². The predicted octanol–water partition coefficient (Wildman–Crippen LogP) is 15.2. The van der Waals surface area contributed by atoms with Gasteiger partial charge < -0.3 is 39.0 Å². The maximum absolute atomic E-state index is 13.1. The van der Waals surface area contributed by atoms with Crippen LogP contribution in [-0.2, 0) is 42.9 Å². The minimum absolute atomic E-state index is 0.0641. The molecule has 12 nitrogen and oxygen atoms in total. The van der Waals surface area contributed by atoms with Crippen LogP contribution in [0.5, 0.6) is 0 Å². The van der Waals surface area contributed by atoms with E-state index in [2.05, 4.69) is 57.2 Å². The highest BCUT2D eigenvalue weighted by Crippen LogP contribution is 2.26. The molecule has 0 saturated carbocycles. The molecule has 0 aliphatic carbocycles. The van der Waals surface area contributed by atoms with Crippen molar-refractivity contribution in [3.63, 3.8) is 0 Å². The quantitative estimate of drug-likeness (QED) is 0.0228. The molecule has 0 amide bonds. The van der Waals surface area contributed by atoms with E-state index >= 15 is 0 Å². The minimum Gasteiger partial charge on any atom is -0.479 e. The number of aliphatic hydroxyl groups is 2. The Morgan fingerprint density at radius 3 is 1.27 bits per heavy atom. The molecule has 1 fully saturated rings. The lowest BCUT2D eigenvalue weighted by atomic mass is 9.98. The normalized spacial score (nSPS) is 18.5. The van der Waals surface area contributed by atoms with Gasteiger partial charge in [-0.1, -0.05) is 237 Å². The lowest BCUT2D eigenvalue weighted by Gasteiger charge is -2.40. The van der Waals surface area contributed by atoms with Gasteiger partial charge in [0.05, 0.1) is 6.61 Å². The van der Waals surface area contributed by atoms with E-state index in [1.54, 1.807) is 0 Å². The van der Waals surface area contributed by atoms with Gasteiger partial charge in [0.2, 0.25) is 0 Å². The molecule has 0 aromatic carbocycles. The largest absolute Gasteiger partial charge is 0.479 e. The number of ether oxygens (including phenoxy) is 5. The van der Waals surface area contributed by atoms with E-state index in [0.29, 0.717) is 19.3 Å². The second-order valence-electron chi connectivity index (χ2n) is 20.6. The van der Waals surface area contributed by atoms with Crippen LogP contribution in [0.2, 0.25) is 0 Å². The van der Waals surface area contributed by atoms with Gasteiger partial charge in [-0.05, 0) is 57.8 Å². The molecule has 1 saturated heterocycles. The highest BCUT2D eigenvalue weighted by Gasteiger charge is 2.50. The van der Waals surface area contributed by atoms with Gasteiger partial charge in [0.1, 0.15) is 18.8 Å². The summed E-state index contributed by atoms with van der Waals surface area (Å²) in [5.41, 5.74) is 0. The average molecular weight is 1030 g/mol. The van der Waals surface area contributed by atoms with Crippen LogP contribution in [0.3, 0.4) is 0 Å². The van der Waals surface area contributed by atoms with E-state index in [1.807, 2.05) is 0 Å². The third-order valence-corrected chi connectivity index (χ3v) is 13.7. The number of esters is 3. The van der Waals surface area contributed by atoms with E-state index < -0.39 is 67.3 Å². The number of carboxylic acids is 1. The first-order valence-corrected chi connectivity index (χ1v) is 30.0. The molecule has 0 spiro atoms. The second-order valence-corrected chi connectivity index (χ2v) is 20.6. The van der Waals surface area contributed by atoms with Crippen LogP contribution < -0.4 is 0 Å². The molecular formula is C61H108O12. The van der Waals surface area contributed by atoms with Gasteiger partial charge in [0.15, 0.2) is 24.6 Å². The molecule has 6 atom stereocenters. The van der Waals surface area contributed by atoms with Crippen molar-refractivity contribution >= 4 is 23.9 Å². The summed E-state index contributed by atoms with van der Waals surface area (Å²) in [6.45, 7) is 5.96. The van der Waals surface area contributed by atoms with Crippen molar-refractivity contribution in [1.82, 2.24) is 0 Å². The molecule has 1 aliphatic heterocycles. The fourth-order valence-corrected chi connectivity index (χ4v) is 9.08. The van der Waals surface area contributed by atoms with Gasteiger partial charge in [-0.15, -0.1) is 0 Å². The van der Waals surface area contributed by atoms with Crippen LogP contribution in [0.15, 0.2) is 36.5 Å². The monoisotopic (exact) mass is 1030 g/mol. The van der Waals surface area contributed by atoms with Crippen molar-refractivity contribution in [3.8, 4) is 0 Å². The zero-order chi connectivity index (χ0) is 53.3. The fourth-order valence-electron chi connectivity index (χ4n) is 9.08. The highest BCUT2D eigenvalue weighted by atomic mass is 16.7. The Morgan fingerprint density at radius 2 is 0.822 bits per heavy atom. The van der Waals surface area contributed by atoms with Crippen molar-refractivity contribution in [2.24, 2.45) is 0 Å². The Morgan fingerprint density at radius 1 is 0.452 bits per heavy atom. The topological polar surface area (TPSA) is 175 Å². The smallest absolute Gasteiger partial charge is 0.335 e. The molecule has 6 unspecified atom stereocenters. The van der Waals surface area contributed by atoms with Crippen LogP contribution in [-0.4, -0.2) is 89.2 Å². The molecule has 73 heavy (non-hydrogen) atoms. The van der Waals surface area contributed by atoms with E-state index in [9.17, 15) is 34.5 Å². The fraction of sp³-hybridized carbons (Fsp3) is 0.836. The molecule has 0 aromatic rings. The summed E-state index contributed by atoms with van der Waals surface area (Å²) in [5.74, 6) is -3.11. The zero-order valence-electron chi connectivity index (χ0n) is 46.6. The molecule has 1 rings (SSSR count). The summed E-state index contributed by atoms with van der Waals surface area (Å²) in [4.78, 5) is 51.0. The molecule has 1 heterocycles. The summed E-state index contributed by atoms with van der Waals surface area (Å²) in [6, 6.07) is 0. The van der Waals surface area contributed by atoms with E-state index in [0.717, 1.165) is 96.3 Å². The maximum Gasteiger partial charge on any atom is 0.335 e. The first-order valence-electron chi connectivity index (χ1n) is 30.0. The van der Waals surface area contributed by atoms with Gasteiger partial charge in [0, 0.05) is 19.3 Å². The number of aliphatic hydroxyl groups excluding tert-OH is 2. The van der Waals surface area contributed by atoms with E-state index in [4.69, 9.17) is 23.7 Å². The lowest BCUT2D eigenvalue weighted by molar-refractivity contribution is -0.301. The number of carbonyl (C=O) groups excluding carboxylic acids is 3. The summed E-state index contributed by atoms with van der Waals surface area (Å²) < 4.78 is 28.4. The molecule has 3 N–H and O–H groups in total. The van der Waals surface area contributed by atoms with Crippen LogP contribution in [0, 0.1) is 0 Å². The van der Waals surface area contributed by atoms with Gasteiger partial charge in [-0.3, -0.25) is 14.4 Å². The van der Waals surface area contributed by atoms with Gasteiger partial charge in [-0.2, -0.15) is 0 Å². The third-order valence-electron chi connectivity index (χ3n) is 13.7. The molecule has 0 radical (unpaired) electrons. The van der Waals surface area contributed by atoms with Crippen molar-refractivity contribution < 1.29 is 58.2 Å². The zero-order valence-corrected chi connectivity index (χ0v) is 46.6. The summed E-state index contributed by atoms with van der Waals surface area (Å²) in [7, 11) is 0. The number of unbranched alkanes of at least 4 members (excludes halogenated alkanes) is 31. The molecular weight excluding hydrogens is 925 g/mol. The Balaban J connectivity index is 2.67. The number of hydrogen-bond acceptors (Lipinski definition) is 11. The first-order chi connectivity index (χ1) is 35.6. The average Bonchev–Trinajstić information content (AvgIpc) is 3.37. The molecule has 0 aromatic heterocycles. The number of carbonyl (C=O) groups is 4. The van der Waals surface area contributed by atoms with Gasteiger partial charge in [-0.25, -0.2) is 4.79 Å². The number of hydrogen-bond donors (Lipinski definition) is 3. The predicted molar refractivity (Wildman–Crippen MR) is 294 cm³/mol. The van der Waals surface area contributed by atoms with Crippen molar-refractivity contribution in [2.45, 2.75) is 314 Å². The van der Waals surface area contributed by atoms with Gasteiger partial charge in [0.25, 0.3) is 0 Å². The van der Waals surface area contributed by atoms with Crippen molar-refractivity contribution in [1.29, 1.82) is 0 Å². The highest BCUT2D eigenvalue weighted by molar-refractivity contribution is 5.74. The van der Waals surface area contributed by atoms with Crippen LogP contribution >= 0.6 is 0 Å². The van der Waals surface area contributed by atoms with Crippen molar-refractivity contribution in [3.05, 3.63) is 36.5 Å². The summed E-state index contributed by atoms with van der Waals surface area (Å²) in [5, 5.41) is 31.4. The third kappa shape index (κ3) is 39.9. The van der Waals surface area contributed by atoms with E-state index in [-0.39, 0.29) is 25.9 Å². The maximum atomic E-state index is 13.1. The standard InChI is InChI=1S/C61H108O12/c1-4-7-10-13-16-19-22-24-25-26-27-28-29-31-33-35-38-41-44-47-53(62)69-50-52(71-54(63)48-45-42-39-37-34-30-23-20-17-14-11-8-5-2)51-70-61-59(57(66)56(65)58(73-61)60(67)68)72-55(64)49-46-43-40-36-32-21-18-15-12-9-6-3/h16,19,24-25,27-28,52,56-59,61,65-66H,4-15,17-18,20-23,26,29-51H2,1-3H3,(H,67,68)/b19-16-,25-24-,28-27-. The number of aliphatic carboxylic acids is 1. The second kappa shape index (κ2) is 49.8. The Hall–Kier alpha value is -3.06. The number of carboxylic acid groups (broad SMARTS) is 1. The Kier molecular flexibility index (Phi) is 46.4. The molecule has 424 valence electrons. The first kappa shape index (κ1) is 68.0. The van der Waals surface area contributed by atoms with Crippen LogP contribution in [0.25, 0.3) is 0 Å². The van der Waals surface area contributed by atoms with Gasteiger partial charge >= 0.3 is 23.9 Å². The molecule has 1 aliphatic rings. The SMILES string of the molecule is CCCCC/C=C\C/C=C\C/C=C\CCCCCCCCC(=O)OCC(COC1OC(C(=O)O)C(O)C(O)C1OC(=O)CCCCCCCCCCCCC)OC(=O)CCCCCCCCCCCCCCC. The van der Waals surface area contributed by atoms with E-state index in [1.165, 1.54) is 122 Å². The Bertz CT molecular complexity index is 1410. The number of rotatable bonds is 51. The minimum atomic E-state index is -1.90. The van der Waals surface area contributed by atoms with Crippen LogP contribution in [0.1, 0.15) is 278 Å².